The first-order valence-corrected chi connectivity index (χ1v) is 11.4. The summed E-state index contributed by atoms with van der Waals surface area (Å²) in [6.07, 6.45) is 1.56. The van der Waals surface area contributed by atoms with Crippen molar-refractivity contribution in [3.8, 4) is 11.5 Å². The summed E-state index contributed by atoms with van der Waals surface area (Å²) >= 11 is 1.21. The molecule has 0 atom stereocenters. The van der Waals surface area contributed by atoms with Gasteiger partial charge in [0.2, 0.25) is 0 Å². The van der Waals surface area contributed by atoms with Crippen molar-refractivity contribution in [2.24, 2.45) is 5.10 Å². The molecule has 1 aromatic heterocycles. The largest absolute Gasteiger partial charge is 0.490 e. The Balaban J connectivity index is 1.30. The number of oxazole rings is 1. The number of nitrogens with one attached hydrogen (secondary N) is 1. The molecule has 0 fully saturated rings. The van der Waals surface area contributed by atoms with Crippen molar-refractivity contribution >= 4 is 35.0 Å². The normalized spacial score (nSPS) is 11.1. The number of nitrogens with zero attached hydrogens (tertiary/aromatic N) is 2. The number of fused-ring (bicyclic) bond motifs is 1. The van der Waals surface area contributed by atoms with Gasteiger partial charge in [-0.15, -0.1) is 0 Å². The summed E-state index contributed by atoms with van der Waals surface area (Å²) in [4.78, 5) is 16.4. The van der Waals surface area contributed by atoms with Gasteiger partial charge in [0.1, 0.15) is 12.1 Å². The molecule has 4 rings (SSSR count). The van der Waals surface area contributed by atoms with E-state index in [-0.39, 0.29) is 11.7 Å². The van der Waals surface area contributed by atoms with E-state index in [0.717, 1.165) is 16.6 Å². The molecule has 33 heavy (non-hydrogen) atoms. The van der Waals surface area contributed by atoms with E-state index in [1.165, 1.54) is 11.8 Å². The highest BCUT2D eigenvalue weighted by atomic mass is 32.2. The van der Waals surface area contributed by atoms with E-state index < -0.39 is 0 Å². The summed E-state index contributed by atoms with van der Waals surface area (Å²) in [6, 6.07) is 22.9. The number of carbonyl (C=O) groups excluding carboxylic acids is 1. The average Bonchev–Trinajstić information content (AvgIpc) is 3.26. The van der Waals surface area contributed by atoms with Gasteiger partial charge in [-0.25, -0.2) is 10.4 Å². The number of carbonyl (C=O) groups is 1. The van der Waals surface area contributed by atoms with Gasteiger partial charge in [-0.3, -0.25) is 4.79 Å². The van der Waals surface area contributed by atoms with E-state index >= 15 is 0 Å². The maximum atomic E-state index is 12.1. The Morgan fingerprint density at radius 2 is 1.88 bits per heavy atom. The number of amides is 1. The smallest absolute Gasteiger partial charge is 0.257 e. The maximum Gasteiger partial charge on any atom is 0.257 e. The van der Waals surface area contributed by atoms with Crippen molar-refractivity contribution < 1.29 is 18.7 Å². The van der Waals surface area contributed by atoms with Gasteiger partial charge >= 0.3 is 0 Å². The number of rotatable bonds is 10. The summed E-state index contributed by atoms with van der Waals surface area (Å²) < 4.78 is 17.2. The molecule has 1 heterocycles. The van der Waals surface area contributed by atoms with E-state index in [0.29, 0.717) is 35.5 Å². The number of aromatic nitrogens is 1. The Kier molecular flexibility index (Phi) is 7.60. The number of para-hydroxylation sites is 2. The van der Waals surface area contributed by atoms with Crippen molar-refractivity contribution in [1.29, 1.82) is 0 Å². The molecular formula is C25H23N3O4S. The topological polar surface area (TPSA) is 86.0 Å². The van der Waals surface area contributed by atoms with Crippen molar-refractivity contribution in [2.75, 3.05) is 12.4 Å². The fourth-order valence-corrected chi connectivity index (χ4v) is 3.61. The average molecular weight is 462 g/mol. The van der Waals surface area contributed by atoms with Crippen molar-refractivity contribution in [1.82, 2.24) is 10.4 Å². The van der Waals surface area contributed by atoms with Gasteiger partial charge in [-0.1, -0.05) is 54.2 Å². The molecule has 8 heteroatoms. The van der Waals surface area contributed by atoms with Gasteiger partial charge in [0.05, 0.1) is 18.6 Å². The number of thioether (sulfide) groups is 1. The van der Waals surface area contributed by atoms with Crippen LogP contribution in [-0.2, 0) is 11.4 Å². The quantitative estimate of drug-likeness (QED) is 0.202. The summed E-state index contributed by atoms with van der Waals surface area (Å²) in [6.45, 7) is 2.87. The second-order valence-electron chi connectivity index (χ2n) is 6.94. The first-order chi connectivity index (χ1) is 16.2. The molecule has 0 unspecified atom stereocenters. The summed E-state index contributed by atoms with van der Waals surface area (Å²) in [5.41, 5.74) is 5.82. The molecule has 0 aliphatic rings. The number of hydrogen-bond donors (Lipinski definition) is 1. The van der Waals surface area contributed by atoms with E-state index in [9.17, 15) is 4.79 Å². The predicted molar refractivity (Wildman–Crippen MR) is 129 cm³/mol. The van der Waals surface area contributed by atoms with Crippen molar-refractivity contribution in [3.05, 3.63) is 83.9 Å². The first kappa shape index (κ1) is 22.4. The van der Waals surface area contributed by atoms with Crippen LogP contribution in [0.25, 0.3) is 11.1 Å². The molecule has 1 N–H and O–H groups in total. The van der Waals surface area contributed by atoms with Crippen molar-refractivity contribution in [2.45, 2.75) is 18.8 Å². The second kappa shape index (κ2) is 11.2. The molecular weight excluding hydrogens is 438 g/mol. The molecule has 3 aromatic carbocycles. The Bertz CT molecular complexity index is 1210. The fourth-order valence-electron chi connectivity index (χ4n) is 2.98. The lowest BCUT2D eigenvalue weighted by Gasteiger charge is -2.12. The highest BCUT2D eigenvalue weighted by Gasteiger charge is 2.09. The molecule has 0 spiro atoms. The van der Waals surface area contributed by atoms with Crippen LogP contribution in [0.2, 0.25) is 0 Å². The van der Waals surface area contributed by atoms with E-state index in [1.54, 1.807) is 6.21 Å². The van der Waals surface area contributed by atoms with Gasteiger partial charge in [0, 0.05) is 0 Å². The van der Waals surface area contributed by atoms with Crippen LogP contribution in [0.4, 0.5) is 0 Å². The zero-order valence-electron chi connectivity index (χ0n) is 18.1. The van der Waals surface area contributed by atoms with Crippen LogP contribution in [0, 0.1) is 0 Å². The van der Waals surface area contributed by atoms with Gasteiger partial charge in [0.15, 0.2) is 17.1 Å². The van der Waals surface area contributed by atoms with Gasteiger partial charge in [0.25, 0.3) is 11.1 Å². The SMILES string of the molecule is CCOc1cc(/C=N\NC(=O)CSc2nc3ccccc3o2)ccc1OCc1ccccc1. The predicted octanol–water partition coefficient (Wildman–Crippen LogP) is 5.05. The standard InChI is InChI=1S/C25H23N3O4S/c1-2-30-23-14-19(12-13-22(23)31-16-18-8-4-3-5-9-18)15-26-28-24(29)17-33-25-27-20-10-6-7-11-21(20)32-25/h3-15H,2,16-17H2,1H3,(H,28,29)/b26-15-. The minimum Gasteiger partial charge on any atom is -0.490 e. The van der Waals surface area contributed by atoms with Gasteiger partial charge < -0.3 is 13.9 Å². The van der Waals surface area contributed by atoms with Gasteiger partial charge in [-0.05, 0) is 48.4 Å². The van der Waals surface area contributed by atoms with Crippen LogP contribution in [0.15, 0.2) is 87.5 Å². The molecule has 4 aromatic rings. The zero-order chi connectivity index (χ0) is 22.9. The number of benzene rings is 3. The Morgan fingerprint density at radius 1 is 1.06 bits per heavy atom. The lowest BCUT2D eigenvalue weighted by Crippen LogP contribution is -2.19. The third-order valence-electron chi connectivity index (χ3n) is 4.51. The first-order valence-electron chi connectivity index (χ1n) is 10.4. The van der Waals surface area contributed by atoms with Crippen LogP contribution < -0.4 is 14.9 Å². The molecule has 0 aliphatic heterocycles. The van der Waals surface area contributed by atoms with Gasteiger partial charge in [-0.2, -0.15) is 5.10 Å². The summed E-state index contributed by atoms with van der Waals surface area (Å²) in [5, 5.41) is 4.48. The number of hydrogen-bond acceptors (Lipinski definition) is 7. The number of ether oxygens (including phenoxy) is 2. The molecule has 7 nitrogen and oxygen atoms in total. The molecule has 0 bridgehead atoms. The second-order valence-corrected chi connectivity index (χ2v) is 7.87. The molecule has 0 aliphatic carbocycles. The lowest BCUT2D eigenvalue weighted by atomic mass is 10.2. The Morgan fingerprint density at radius 3 is 2.70 bits per heavy atom. The van der Waals surface area contributed by atoms with Crippen LogP contribution >= 0.6 is 11.8 Å². The van der Waals surface area contributed by atoms with Crippen LogP contribution in [0.3, 0.4) is 0 Å². The maximum absolute atomic E-state index is 12.1. The monoisotopic (exact) mass is 461 g/mol. The van der Waals surface area contributed by atoms with E-state index in [1.807, 2.05) is 79.7 Å². The van der Waals surface area contributed by atoms with E-state index in [2.05, 4.69) is 15.5 Å². The third kappa shape index (κ3) is 6.36. The minimum absolute atomic E-state index is 0.140. The minimum atomic E-state index is -0.258. The lowest BCUT2D eigenvalue weighted by molar-refractivity contribution is -0.118. The highest BCUT2D eigenvalue weighted by Crippen LogP contribution is 2.29. The zero-order valence-corrected chi connectivity index (χ0v) is 18.9. The molecule has 1 amide bonds. The highest BCUT2D eigenvalue weighted by molar-refractivity contribution is 7.99. The summed E-state index contributed by atoms with van der Waals surface area (Å²) in [5.74, 6) is 1.15. The number of hydrazone groups is 1. The van der Waals surface area contributed by atoms with Crippen molar-refractivity contribution in [3.63, 3.8) is 0 Å². The third-order valence-corrected chi connectivity index (χ3v) is 5.34. The van der Waals surface area contributed by atoms with Crippen LogP contribution in [-0.4, -0.2) is 29.5 Å². The molecule has 0 saturated carbocycles. The molecule has 0 saturated heterocycles. The Labute approximate surface area is 195 Å². The molecule has 168 valence electrons. The Hall–Kier alpha value is -3.78. The fraction of sp³-hybridized carbons (Fsp3) is 0.160. The van der Waals surface area contributed by atoms with Crippen LogP contribution in [0.5, 0.6) is 11.5 Å². The molecule has 0 radical (unpaired) electrons. The van der Waals surface area contributed by atoms with Crippen LogP contribution in [0.1, 0.15) is 18.1 Å². The van der Waals surface area contributed by atoms with E-state index in [4.69, 9.17) is 13.9 Å². The summed E-state index contributed by atoms with van der Waals surface area (Å²) in [7, 11) is 0.